The zero-order chi connectivity index (χ0) is 18.9. The number of hydrogen-bond acceptors (Lipinski definition) is 3. The van der Waals surface area contributed by atoms with E-state index in [4.69, 9.17) is 16.3 Å². The Bertz CT molecular complexity index is 904. The molecule has 0 spiro atoms. The normalized spacial score (nSPS) is 11.6. The van der Waals surface area contributed by atoms with Crippen LogP contribution in [0.15, 0.2) is 42.5 Å². The van der Waals surface area contributed by atoms with Crippen molar-refractivity contribution < 1.29 is 26.7 Å². The highest BCUT2D eigenvalue weighted by Gasteiger charge is 2.38. The minimum absolute atomic E-state index is 0.0238. The third kappa shape index (κ3) is 3.81. The molecule has 0 saturated carbocycles. The fourth-order valence-electron chi connectivity index (χ4n) is 2.27. The molecule has 0 fully saturated rings. The molecule has 1 heterocycles. The summed E-state index contributed by atoms with van der Waals surface area (Å²) in [6.45, 7) is -0.693. The Morgan fingerprint density at radius 2 is 1.62 bits per heavy atom. The summed E-state index contributed by atoms with van der Waals surface area (Å²) in [7, 11) is 0. The molecule has 0 amide bonds. The fourth-order valence-corrected chi connectivity index (χ4v) is 3.16. The topological polar surface area (TPSA) is 22.1 Å². The Morgan fingerprint density at radius 1 is 1.00 bits per heavy atom. The van der Waals surface area contributed by atoms with Crippen molar-refractivity contribution in [2.45, 2.75) is 12.8 Å². The zero-order valence-corrected chi connectivity index (χ0v) is 14.4. The fraction of sp³-hybridized carbons (Fsp3) is 0.118. The van der Waals surface area contributed by atoms with Gasteiger partial charge in [0.25, 0.3) is 0 Å². The highest BCUT2D eigenvalue weighted by Crippen LogP contribution is 2.40. The van der Waals surface area contributed by atoms with Gasteiger partial charge < -0.3 is 4.74 Å². The van der Waals surface area contributed by atoms with E-state index in [-0.39, 0.29) is 22.8 Å². The lowest BCUT2D eigenvalue weighted by Crippen LogP contribution is -2.09. The molecule has 1 aromatic heterocycles. The van der Waals surface area contributed by atoms with Crippen LogP contribution in [-0.4, -0.2) is 4.37 Å². The molecule has 0 aliphatic heterocycles. The van der Waals surface area contributed by atoms with Crippen molar-refractivity contribution in [2.24, 2.45) is 0 Å². The van der Waals surface area contributed by atoms with Gasteiger partial charge >= 0.3 is 6.18 Å². The minimum Gasteiger partial charge on any atom is -0.483 e. The molecule has 3 aromatic rings. The lowest BCUT2D eigenvalue weighted by atomic mass is 10.1. The molecule has 0 radical (unpaired) electrons. The van der Waals surface area contributed by atoms with Crippen molar-refractivity contribution >= 4 is 23.1 Å². The van der Waals surface area contributed by atoms with Crippen LogP contribution in [-0.2, 0) is 12.8 Å². The van der Waals surface area contributed by atoms with Crippen LogP contribution < -0.4 is 4.74 Å². The van der Waals surface area contributed by atoms with E-state index in [0.717, 1.165) is 18.2 Å². The Hall–Kier alpha value is -2.19. The number of hydrogen-bond donors (Lipinski definition) is 0. The highest BCUT2D eigenvalue weighted by atomic mass is 35.5. The molecule has 0 aliphatic rings. The predicted octanol–water partition coefficient (Wildman–Crippen LogP) is 6.34. The zero-order valence-electron chi connectivity index (χ0n) is 12.8. The summed E-state index contributed by atoms with van der Waals surface area (Å²) < 4.78 is 76.0. The molecule has 2 aromatic carbocycles. The first-order valence-electron chi connectivity index (χ1n) is 7.16. The van der Waals surface area contributed by atoms with E-state index in [2.05, 4.69) is 4.37 Å². The number of alkyl halides is 3. The Kier molecular flexibility index (Phi) is 5.15. The van der Waals surface area contributed by atoms with E-state index < -0.39 is 35.0 Å². The highest BCUT2D eigenvalue weighted by molar-refractivity contribution is 7.06. The lowest BCUT2D eigenvalue weighted by molar-refractivity contribution is -0.135. The van der Waals surface area contributed by atoms with E-state index >= 15 is 0 Å². The average Bonchev–Trinajstić information content (AvgIpc) is 2.99. The quantitative estimate of drug-likeness (QED) is 0.472. The van der Waals surface area contributed by atoms with Gasteiger partial charge in [0, 0.05) is 16.1 Å². The molecule has 0 bridgehead atoms. The maximum Gasteiger partial charge on any atom is 0.427 e. The average molecular weight is 406 g/mol. The van der Waals surface area contributed by atoms with Crippen LogP contribution in [0.1, 0.15) is 10.4 Å². The van der Waals surface area contributed by atoms with Crippen molar-refractivity contribution in [3.05, 3.63) is 69.6 Å². The van der Waals surface area contributed by atoms with E-state index in [9.17, 15) is 22.0 Å². The van der Waals surface area contributed by atoms with Crippen LogP contribution in [0, 0.1) is 11.6 Å². The van der Waals surface area contributed by atoms with Crippen molar-refractivity contribution in [1.82, 2.24) is 4.37 Å². The van der Waals surface area contributed by atoms with Crippen molar-refractivity contribution in [3.8, 4) is 17.0 Å². The van der Waals surface area contributed by atoms with Gasteiger partial charge in [0.1, 0.15) is 11.5 Å². The van der Waals surface area contributed by atoms with E-state index in [1.807, 2.05) is 0 Å². The van der Waals surface area contributed by atoms with Gasteiger partial charge in [-0.05, 0) is 35.8 Å². The van der Waals surface area contributed by atoms with Crippen LogP contribution in [0.5, 0.6) is 5.75 Å². The standard InChI is InChI=1S/C17H9ClF5NOS/c18-10-6-4-9(5-7-10)14-11(16(26-24-14)17(21,22)23)8-25-15-12(19)2-1-3-13(15)20/h1-7H,8H2. The predicted molar refractivity (Wildman–Crippen MR) is 88.3 cm³/mol. The van der Waals surface area contributed by atoms with Gasteiger partial charge in [0.05, 0.1) is 5.69 Å². The van der Waals surface area contributed by atoms with Crippen molar-refractivity contribution in [1.29, 1.82) is 0 Å². The van der Waals surface area contributed by atoms with Crippen LogP contribution in [0.2, 0.25) is 5.02 Å². The number of para-hydroxylation sites is 1. The largest absolute Gasteiger partial charge is 0.483 e. The van der Waals surface area contributed by atoms with E-state index in [0.29, 0.717) is 10.6 Å². The van der Waals surface area contributed by atoms with E-state index in [1.165, 1.54) is 24.3 Å². The first-order valence-corrected chi connectivity index (χ1v) is 8.31. The summed E-state index contributed by atoms with van der Waals surface area (Å²) in [4.78, 5) is -0.987. The summed E-state index contributed by atoms with van der Waals surface area (Å²) in [5.41, 5.74) is 0.108. The number of halogens is 6. The van der Waals surface area contributed by atoms with Crippen molar-refractivity contribution in [2.75, 3.05) is 0 Å². The SMILES string of the molecule is Fc1cccc(F)c1OCc1c(-c2ccc(Cl)cc2)nsc1C(F)(F)F. The molecule has 26 heavy (non-hydrogen) atoms. The monoisotopic (exact) mass is 405 g/mol. The van der Waals surface area contributed by atoms with Crippen LogP contribution >= 0.6 is 23.1 Å². The molecule has 0 saturated heterocycles. The maximum absolute atomic E-state index is 13.7. The van der Waals surface area contributed by atoms with Gasteiger partial charge in [-0.25, -0.2) is 8.78 Å². The molecule has 0 atom stereocenters. The summed E-state index contributed by atoms with van der Waals surface area (Å²) in [6, 6.07) is 9.05. The second kappa shape index (κ2) is 7.20. The lowest BCUT2D eigenvalue weighted by Gasteiger charge is -2.12. The van der Waals surface area contributed by atoms with Crippen molar-refractivity contribution in [3.63, 3.8) is 0 Å². The smallest absolute Gasteiger partial charge is 0.427 e. The molecule has 0 N–H and O–H groups in total. The van der Waals surface area contributed by atoms with Gasteiger partial charge in [-0.3, -0.25) is 0 Å². The number of ether oxygens (including phenoxy) is 1. The summed E-state index contributed by atoms with van der Waals surface area (Å²) in [5, 5.41) is 0.409. The van der Waals surface area contributed by atoms with Gasteiger partial charge in [-0.2, -0.15) is 17.5 Å². The number of nitrogens with zero attached hydrogens (tertiary/aromatic N) is 1. The minimum atomic E-state index is -4.67. The molecule has 0 unspecified atom stereocenters. The summed E-state index contributed by atoms with van der Waals surface area (Å²) >= 11 is 6.04. The third-order valence-corrected chi connectivity index (χ3v) is 4.63. The number of aromatic nitrogens is 1. The van der Waals surface area contributed by atoms with Crippen LogP contribution in [0.4, 0.5) is 22.0 Å². The second-order valence-electron chi connectivity index (χ2n) is 5.18. The number of rotatable bonds is 4. The summed E-state index contributed by atoms with van der Waals surface area (Å²) in [6.07, 6.45) is -4.67. The molecule has 9 heteroatoms. The second-order valence-corrected chi connectivity index (χ2v) is 6.39. The van der Waals surface area contributed by atoms with Gasteiger partial charge in [-0.15, -0.1) is 0 Å². The van der Waals surface area contributed by atoms with Gasteiger partial charge in [-0.1, -0.05) is 29.8 Å². The molecule has 0 aliphatic carbocycles. The first kappa shape index (κ1) is 18.6. The Labute approximate surface area is 154 Å². The molecular weight excluding hydrogens is 397 g/mol. The van der Waals surface area contributed by atoms with Gasteiger partial charge in [0.15, 0.2) is 17.4 Å². The molecule has 2 nitrogen and oxygen atoms in total. The molecule has 136 valence electrons. The Morgan fingerprint density at radius 3 is 2.19 bits per heavy atom. The first-order chi connectivity index (χ1) is 12.3. The Balaban J connectivity index is 2.01. The molecular formula is C17H9ClF5NOS. The number of benzene rings is 2. The maximum atomic E-state index is 13.7. The third-order valence-electron chi connectivity index (χ3n) is 3.44. The molecule has 3 rings (SSSR count). The van der Waals surface area contributed by atoms with Crippen LogP contribution in [0.3, 0.4) is 0 Å². The van der Waals surface area contributed by atoms with Crippen LogP contribution in [0.25, 0.3) is 11.3 Å². The van der Waals surface area contributed by atoms with Gasteiger partial charge in [0.2, 0.25) is 0 Å². The van der Waals surface area contributed by atoms with E-state index in [1.54, 1.807) is 0 Å². The summed E-state index contributed by atoms with van der Waals surface area (Å²) in [5.74, 6) is -2.75.